The predicted molar refractivity (Wildman–Crippen MR) is 109 cm³/mol. The van der Waals surface area contributed by atoms with Gasteiger partial charge in [0, 0.05) is 23.5 Å². The Morgan fingerprint density at radius 3 is 1.83 bits per heavy atom. The van der Waals surface area contributed by atoms with Gasteiger partial charge >= 0.3 is 5.69 Å². The number of nitrogen functional groups attached to an aromatic ring is 1. The first-order valence-electron chi connectivity index (χ1n) is 8.23. The third-order valence-corrected chi connectivity index (χ3v) is 4.01. The van der Waals surface area contributed by atoms with Crippen molar-refractivity contribution in [3.8, 4) is 11.6 Å². The molecule has 0 atom stereocenters. The Morgan fingerprint density at radius 1 is 0.900 bits per heavy atom. The number of nitrogens with two attached hydrogens (primary N) is 1. The third-order valence-electron chi connectivity index (χ3n) is 3.65. The number of aryl methyl sites for hydroxylation is 2. The lowest BCUT2D eigenvalue weighted by atomic mass is 10.3. The fraction of sp³-hybridized carbons (Fsp3) is 0.125. The van der Waals surface area contributed by atoms with Crippen LogP contribution in [0.1, 0.15) is 11.1 Å². The summed E-state index contributed by atoms with van der Waals surface area (Å²) >= 11 is 11.3. The Labute approximate surface area is 179 Å². The van der Waals surface area contributed by atoms with Gasteiger partial charge in [-0.05, 0) is 37.0 Å². The van der Waals surface area contributed by atoms with E-state index in [9.17, 15) is 10.1 Å². The van der Waals surface area contributed by atoms with E-state index < -0.39 is 4.92 Å². The summed E-state index contributed by atoms with van der Waals surface area (Å²) in [5.41, 5.74) is 7.64. The van der Waals surface area contributed by atoms with Crippen molar-refractivity contribution in [2.24, 2.45) is 0 Å². The fourth-order valence-corrected chi connectivity index (χ4v) is 2.52. The monoisotopic (exact) mass is 448 g/mol. The molecule has 0 aromatic carbocycles. The highest BCUT2D eigenvalue weighted by atomic mass is 35.5. The first-order chi connectivity index (χ1) is 14.2. The van der Waals surface area contributed by atoms with E-state index in [4.69, 9.17) is 28.9 Å². The molecule has 0 bridgehead atoms. The maximum Gasteiger partial charge on any atom is 0.307 e. The van der Waals surface area contributed by atoms with Gasteiger partial charge in [0.2, 0.25) is 10.6 Å². The van der Waals surface area contributed by atoms with E-state index in [1.807, 2.05) is 6.92 Å². The van der Waals surface area contributed by atoms with Gasteiger partial charge in [-0.3, -0.25) is 10.1 Å². The standard InChI is InChI=1S/C8H6ClN5O2.C8H8ClN5/c1-5-2-10-8(9)12-7(5)13-4-6(3-11-13)14(15)16;1-5-2-11-8(9)13-7(5)14-4-6(10)3-12-14/h2-4H,1H3;2-4H,10H2,1H3. The molecule has 4 heterocycles. The number of nitrogens with zero attached hydrogens (tertiary/aromatic N) is 9. The molecule has 4 aromatic rings. The van der Waals surface area contributed by atoms with Crippen molar-refractivity contribution in [3.05, 3.63) is 69.0 Å². The van der Waals surface area contributed by atoms with E-state index >= 15 is 0 Å². The number of aromatic nitrogens is 8. The van der Waals surface area contributed by atoms with Gasteiger partial charge in [0.25, 0.3) is 0 Å². The summed E-state index contributed by atoms with van der Waals surface area (Å²) in [5, 5.41) is 18.6. The zero-order valence-electron chi connectivity index (χ0n) is 15.6. The number of hydrogen-bond donors (Lipinski definition) is 1. The molecule has 0 radical (unpaired) electrons. The zero-order valence-corrected chi connectivity index (χ0v) is 17.2. The molecule has 0 unspecified atom stereocenters. The van der Waals surface area contributed by atoms with Gasteiger partial charge in [-0.25, -0.2) is 19.3 Å². The minimum atomic E-state index is -0.526. The van der Waals surface area contributed by atoms with Gasteiger partial charge < -0.3 is 5.73 Å². The van der Waals surface area contributed by atoms with E-state index in [2.05, 4.69) is 30.1 Å². The minimum absolute atomic E-state index is 0.0683. The fourth-order valence-electron chi connectivity index (χ4n) is 2.26. The van der Waals surface area contributed by atoms with Gasteiger partial charge in [0.15, 0.2) is 11.6 Å². The average Bonchev–Trinajstić information content (AvgIpc) is 3.36. The predicted octanol–water partition coefficient (Wildman–Crippen LogP) is 2.74. The Hall–Kier alpha value is -3.64. The quantitative estimate of drug-likeness (QED) is 0.282. The molecule has 12 nitrogen and oxygen atoms in total. The topological polar surface area (TPSA) is 156 Å². The summed E-state index contributed by atoms with van der Waals surface area (Å²) in [6.07, 6.45) is 8.81. The molecular formula is C16H14Cl2N10O2. The lowest BCUT2D eigenvalue weighted by molar-refractivity contribution is -0.384. The highest BCUT2D eigenvalue weighted by molar-refractivity contribution is 6.28. The summed E-state index contributed by atoms with van der Waals surface area (Å²) in [6, 6.07) is 0. The number of nitro groups is 1. The highest BCUT2D eigenvalue weighted by Crippen LogP contribution is 2.16. The normalized spacial score (nSPS) is 10.4. The van der Waals surface area contributed by atoms with Gasteiger partial charge in [-0.15, -0.1) is 0 Å². The van der Waals surface area contributed by atoms with E-state index in [0.29, 0.717) is 17.3 Å². The van der Waals surface area contributed by atoms with Crippen LogP contribution in [0, 0.1) is 24.0 Å². The molecule has 0 aliphatic rings. The third kappa shape index (κ3) is 4.85. The molecule has 0 saturated heterocycles. The summed E-state index contributed by atoms with van der Waals surface area (Å²) in [5.74, 6) is 1.06. The average molecular weight is 449 g/mol. The van der Waals surface area contributed by atoms with Crippen LogP contribution in [0.25, 0.3) is 11.6 Å². The van der Waals surface area contributed by atoms with Crippen LogP contribution in [0.2, 0.25) is 10.6 Å². The first kappa shape index (κ1) is 21.1. The molecule has 0 aliphatic carbocycles. The molecular weight excluding hydrogens is 435 g/mol. The molecule has 0 amide bonds. The summed E-state index contributed by atoms with van der Waals surface area (Å²) in [6.45, 7) is 3.64. The maximum atomic E-state index is 10.5. The Bertz CT molecular complexity index is 1210. The van der Waals surface area contributed by atoms with Crippen molar-refractivity contribution in [2.75, 3.05) is 5.73 Å². The van der Waals surface area contributed by atoms with Crippen LogP contribution in [-0.2, 0) is 0 Å². The van der Waals surface area contributed by atoms with Crippen LogP contribution in [0.15, 0.2) is 37.2 Å². The van der Waals surface area contributed by atoms with E-state index in [1.54, 1.807) is 30.2 Å². The Balaban J connectivity index is 0.000000172. The van der Waals surface area contributed by atoms with Crippen molar-refractivity contribution in [1.82, 2.24) is 39.5 Å². The van der Waals surface area contributed by atoms with Gasteiger partial charge in [0.1, 0.15) is 12.4 Å². The van der Waals surface area contributed by atoms with E-state index in [-0.39, 0.29) is 16.3 Å². The van der Waals surface area contributed by atoms with Crippen molar-refractivity contribution in [2.45, 2.75) is 13.8 Å². The van der Waals surface area contributed by atoms with Crippen LogP contribution < -0.4 is 5.73 Å². The van der Waals surface area contributed by atoms with Crippen LogP contribution in [0.4, 0.5) is 11.4 Å². The second kappa shape index (κ2) is 8.80. The van der Waals surface area contributed by atoms with Crippen LogP contribution in [0.5, 0.6) is 0 Å². The molecule has 2 N–H and O–H groups in total. The zero-order chi connectivity index (χ0) is 21.8. The summed E-state index contributed by atoms with van der Waals surface area (Å²) in [4.78, 5) is 25.6. The Morgan fingerprint density at radius 2 is 1.40 bits per heavy atom. The van der Waals surface area contributed by atoms with Gasteiger partial charge in [0.05, 0.1) is 23.0 Å². The molecule has 0 spiro atoms. The molecule has 4 rings (SSSR count). The molecule has 0 fully saturated rings. The van der Waals surface area contributed by atoms with Crippen LogP contribution >= 0.6 is 23.2 Å². The molecule has 30 heavy (non-hydrogen) atoms. The number of halogens is 2. The van der Waals surface area contributed by atoms with Crippen molar-refractivity contribution in [3.63, 3.8) is 0 Å². The number of anilines is 1. The maximum absolute atomic E-state index is 10.5. The lowest BCUT2D eigenvalue weighted by Gasteiger charge is -2.03. The van der Waals surface area contributed by atoms with E-state index in [1.165, 1.54) is 17.1 Å². The minimum Gasteiger partial charge on any atom is -0.396 e. The molecule has 0 aliphatic heterocycles. The second-order valence-electron chi connectivity index (χ2n) is 5.91. The van der Waals surface area contributed by atoms with Crippen molar-refractivity contribution in [1.29, 1.82) is 0 Å². The lowest BCUT2D eigenvalue weighted by Crippen LogP contribution is -2.02. The molecule has 4 aromatic heterocycles. The highest BCUT2D eigenvalue weighted by Gasteiger charge is 2.12. The van der Waals surface area contributed by atoms with Crippen molar-refractivity contribution >= 4 is 34.6 Å². The van der Waals surface area contributed by atoms with E-state index in [0.717, 1.165) is 17.3 Å². The number of hydrogen-bond acceptors (Lipinski definition) is 9. The van der Waals surface area contributed by atoms with Gasteiger partial charge in [-0.1, -0.05) is 0 Å². The van der Waals surface area contributed by atoms with Crippen LogP contribution in [0.3, 0.4) is 0 Å². The second-order valence-corrected chi connectivity index (χ2v) is 6.59. The summed E-state index contributed by atoms with van der Waals surface area (Å²) in [7, 11) is 0. The smallest absolute Gasteiger partial charge is 0.307 e. The molecule has 154 valence electrons. The van der Waals surface area contributed by atoms with Crippen molar-refractivity contribution < 1.29 is 4.92 Å². The van der Waals surface area contributed by atoms with Gasteiger partial charge in [-0.2, -0.15) is 20.2 Å². The largest absolute Gasteiger partial charge is 0.396 e. The number of rotatable bonds is 3. The molecule has 14 heteroatoms. The summed E-state index contributed by atoms with van der Waals surface area (Å²) < 4.78 is 2.86. The Kier molecular flexibility index (Phi) is 6.18. The molecule has 0 saturated carbocycles. The SMILES string of the molecule is Cc1cnc(Cl)nc1-n1cc(N)cn1.Cc1cnc(Cl)nc1-n1cc([N+](=O)[O-])cn1. The first-order valence-corrected chi connectivity index (χ1v) is 8.98. The van der Waals surface area contributed by atoms with Crippen LogP contribution in [-0.4, -0.2) is 44.4 Å².